The van der Waals surface area contributed by atoms with Gasteiger partial charge < -0.3 is 10.2 Å². The van der Waals surface area contributed by atoms with Gasteiger partial charge in [0.15, 0.2) is 9.84 Å². The molecular weight excluding hydrogens is 288 g/mol. The number of nitrogens with one attached hydrogen (secondary N) is 1. The SMILES string of the molecule is O=C(CC1CCS(=O)(=O)C1)N(CC1CC1)CC1CCCN1. The van der Waals surface area contributed by atoms with E-state index in [1.165, 1.54) is 19.3 Å². The van der Waals surface area contributed by atoms with Crippen LogP contribution in [0.15, 0.2) is 0 Å². The highest BCUT2D eigenvalue weighted by atomic mass is 32.2. The van der Waals surface area contributed by atoms with Crippen LogP contribution in [0.25, 0.3) is 0 Å². The average Bonchev–Trinajstić information content (AvgIpc) is 2.95. The van der Waals surface area contributed by atoms with Crippen LogP contribution in [0.5, 0.6) is 0 Å². The molecule has 1 amide bonds. The van der Waals surface area contributed by atoms with Crippen LogP contribution in [0.4, 0.5) is 0 Å². The molecule has 0 radical (unpaired) electrons. The number of rotatable bonds is 6. The fraction of sp³-hybridized carbons (Fsp3) is 0.933. The number of hydrogen-bond acceptors (Lipinski definition) is 4. The molecule has 1 N–H and O–H groups in total. The standard InChI is InChI=1S/C15H26N2O3S/c18-15(8-13-5-7-21(19,20)11-13)17(9-12-3-4-12)10-14-2-1-6-16-14/h12-14,16H,1-11H2. The molecule has 5 nitrogen and oxygen atoms in total. The van der Waals surface area contributed by atoms with Crippen molar-refractivity contribution in [1.82, 2.24) is 10.2 Å². The van der Waals surface area contributed by atoms with E-state index in [1.54, 1.807) is 0 Å². The van der Waals surface area contributed by atoms with E-state index in [1.807, 2.05) is 4.90 Å². The highest BCUT2D eigenvalue weighted by Gasteiger charge is 2.33. The van der Waals surface area contributed by atoms with Gasteiger partial charge in [0.1, 0.15) is 0 Å². The molecular formula is C15H26N2O3S. The van der Waals surface area contributed by atoms with Gasteiger partial charge in [-0.2, -0.15) is 0 Å². The Bertz CT molecular complexity index is 481. The second kappa shape index (κ2) is 6.24. The van der Waals surface area contributed by atoms with E-state index in [0.29, 0.717) is 24.8 Å². The summed E-state index contributed by atoms with van der Waals surface area (Å²) < 4.78 is 23.0. The van der Waals surface area contributed by atoms with Crippen LogP contribution in [-0.4, -0.2) is 56.4 Å². The predicted molar refractivity (Wildman–Crippen MR) is 81.7 cm³/mol. The van der Waals surface area contributed by atoms with Gasteiger partial charge in [-0.15, -0.1) is 0 Å². The first-order valence-electron chi connectivity index (χ1n) is 8.23. The molecule has 3 rings (SSSR count). The van der Waals surface area contributed by atoms with Gasteiger partial charge in [0.2, 0.25) is 5.91 Å². The van der Waals surface area contributed by atoms with E-state index in [2.05, 4.69) is 5.32 Å². The number of amides is 1. The number of carbonyl (C=O) groups excluding carboxylic acids is 1. The third kappa shape index (κ3) is 4.42. The van der Waals surface area contributed by atoms with Crippen LogP contribution in [-0.2, 0) is 14.6 Å². The molecule has 6 heteroatoms. The topological polar surface area (TPSA) is 66.5 Å². The molecule has 0 aromatic heterocycles. The number of hydrogen-bond donors (Lipinski definition) is 1. The molecule has 21 heavy (non-hydrogen) atoms. The Morgan fingerprint density at radius 3 is 2.48 bits per heavy atom. The zero-order valence-corrected chi connectivity index (χ0v) is 13.4. The molecule has 2 unspecified atom stereocenters. The molecule has 120 valence electrons. The van der Waals surface area contributed by atoms with Crippen LogP contribution in [0, 0.1) is 11.8 Å². The van der Waals surface area contributed by atoms with Crippen molar-refractivity contribution in [1.29, 1.82) is 0 Å². The van der Waals surface area contributed by atoms with E-state index >= 15 is 0 Å². The van der Waals surface area contributed by atoms with Gasteiger partial charge in [-0.05, 0) is 50.5 Å². The molecule has 3 aliphatic rings. The Hall–Kier alpha value is -0.620. The maximum atomic E-state index is 12.6. The van der Waals surface area contributed by atoms with E-state index in [9.17, 15) is 13.2 Å². The first-order valence-corrected chi connectivity index (χ1v) is 10.1. The maximum Gasteiger partial charge on any atom is 0.222 e. The van der Waals surface area contributed by atoms with Gasteiger partial charge in [0, 0.05) is 25.6 Å². The lowest BCUT2D eigenvalue weighted by Gasteiger charge is -2.27. The minimum Gasteiger partial charge on any atom is -0.341 e. The molecule has 0 bridgehead atoms. The van der Waals surface area contributed by atoms with Gasteiger partial charge >= 0.3 is 0 Å². The summed E-state index contributed by atoms with van der Waals surface area (Å²) in [6.45, 7) is 2.72. The molecule has 2 heterocycles. The van der Waals surface area contributed by atoms with Crippen molar-refractivity contribution in [3.8, 4) is 0 Å². The second-order valence-corrected chi connectivity index (χ2v) is 9.24. The third-order valence-corrected chi connectivity index (χ3v) is 6.76. The van der Waals surface area contributed by atoms with E-state index in [0.717, 1.165) is 26.1 Å². The fourth-order valence-corrected chi connectivity index (χ4v) is 5.34. The van der Waals surface area contributed by atoms with Gasteiger partial charge in [-0.25, -0.2) is 8.42 Å². The summed E-state index contributed by atoms with van der Waals surface area (Å²) in [6.07, 6.45) is 5.88. The van der Waals surface area contributed by atoms with Crippen molar-refractivity contribution in [3.05, 3.63) is 0 Å². The van der Waals surface area contributed by atoms with Gasteiger partial charge in [0.05, 0.1) is 11.5 Å². The molecule has 2 aliphatic heterocycles. The minimum atomic E-state index is -2.88. The smallest absolute Gasteiger partial charge is 0.222 e. The van der Waals surface area contributed by atoms with Crippen LogP contribution in [0.3, 0.4) is 0 Å². The highest BCUT2D eigenvalue weighted by Crippen LogP contribution is 2.31. The molecule has 1 aliphatic carbocycles. The lowest BCUT2D eigenvalue weighted by molar-refractivity contribution is -0.132. The summed E-state index contributed by atoms with van der Waals surface area (Å²) in [5, 5.41) is 3.45. The lowest BCUT2D eigenvalue weighted by atomic mass is 10.0. The van der Waals surface area contributed by atoms with Crippen molar-refractivity contribution in [2.45, 2.75) is 44.6 Å². The fourth-order valence-electron chi connectivity index (χ4n) is 3.48. The molecule has 1 saturated carbocycles. The molecule has 0 aromatic rings. The number of nitrogens with zero attached hydrogens (tertiary/aromatic N) is 1. The Morgan fingerprint density at radius 2 is 1.90 bits per heavy atom. The summed E-state index contributed by atoms with van der Waals surface area (Å²) in [4.78, 5) is 14.6. The molecule has 0 aromatic carbocycles. The third-order valence-electron chi connectivity index (χ3n) is 4.92. The summed E-state index contributed by atoms with van der Waals surface area (Å²) in [5.74, 6) is 1.36. The van der Waals surface area contributed by atoms with Crippen LogP contribution < -0.4 is 5.32 Å². The molecule has 2 atom stereocenters. The Morgan fingerprint density at radius 1 is 1.10 bits per heavy atom. The molecule has 2 saturated heterocycles. The average molecular weight is 314 g/mol. The first-order chi connectivity index (χ1) is 10.0. The van der Waals surface area contributed by atoms with Crippen molar-refractivity contribution in [2.24, 2.45) is 11.8 Å². The van der Waals surface area contributed by atoms with Crippen LogP contribution in [0.1, 0.15) is 38.5 Å². The number of sulfone groups is 1. The zero-order chi connectivity index (χ0) is 14.9. The monoisotopic (exact) mass is 314 g/mol. The summed E-state index contributed by atoms with van der Waals surface area (Å²) >= 11 is 0. The maximum absolute atomic E-state index is 12.6. The second-order valence-electron chi connectivity index (χ2n) is 7.01. The predicted octanol–water partition coefficient (Wildman–Crippen LogP) is 0.802. The largest absolute Gasteiger partial charge is 0.341 e. The quantitative estimate of drug-likeness (QED) is 0.787. The Kier molecular flexibility index (Phi) is 4.54. The van der Waals surface area contributed by atoms with Gasteiger partial charge in [-0.3, -0.25) is 4.79 Å². The van der Waals surface area contributed by atoms with Crippen LogP contribution in [0.2, 0.25) is 0 Å². The van der Waals surface area contributed by atoms with Crippen LogP contribution >= 0.6 is 0 Å². The van der Waals surface area contributed by atoms with Gasteiger partial charge in [-0.1, -0.05) is 0 Å². The van der Waals surface area contributed by atoms with E-state index in [4.69, 9.17) is 0 Å². The number of carbonyl (C=O) groups is 1. The normalized spacial score (nSPS) is 31.4. The van der Waals surface area contributed by atoms with Crippen molar-refractivity contribution in [2.75, 3.05) is 31.1 Å². The van der Waals surface area contributed by atoms with E-state index < -0.39 is 9.84 Å². The van der Waals surface area contributed by atoms with Gasteiger partial charge in [0.25, 0.3) is 0 Å². The summed E-state index contributed by atoms with van der Waals surface area (Å²) in [6, 6.07) is 0.431. The molecule has 3 fully saturated rings. The minimum absolute atomic E-state index is 0.0424. The summed E-state index contributed by atoms with van der Waals surface area (Å²) in [7, 11) is -2.88. The zero-order valence-electron chi connectivity index (χ0n) is 12.6. The highest BCUT2D eigenvalue weighted by molar-refractivity contribution is 7.91. The first kappa shape index (κ1) is 15.3. The lowest BCUT2D eigenvalue weighted by Crippen LogP contribution is -2.42. The Balaban J connectivity index is 1.54. The van der Waals surface area contributed by atoms with Crippen molar-refractivity contribution >= 4 is 15.7 Å². The van der Waals surface area contributed by atoms with Crippen molar-refractivity contribution < 1.29 is 13.2 Å². The summed E-state index contributed by atoms with van der Waals surface area (Å²) in [5.41, 5.74) is 0. The van der Waals surface area contributed by atoms with Crippen molar-refractivity contribution in [3.63, 3.8) is 0 Å². The molecule has 0 spiro atoms. The van der Waals surface area contributed by atoms with E-state index in [-0.39, 0.29) is 23.3 Å². The Labute approximate surface area is 127 Å².